The largest absolute Gasteiger partial charge is 0.377 e. The lowest BCUT2D eigenvalue weighted by molar-refractivity contribution is -0.149. The Morgan fingerprint density at radius 2 is 2.30 bits per heavy atom. The average molecular weight is 303 g/mol. The molecule has 20 heavy (non-hydrogen) atoms. The number of nitrogens with zero attached hydrogens (tertiary/aromatic N) is 1. The van der Waals surface area contributed by atoms with Gasteiger partial charge in [-0.3, -0.25) is 9.59 Å². The molecule has 0 aromatic carbocycles. The van der Waals surface area contributed by atoms with Crippen molar-refractivity contribution in [2.45, 2.75) is 31.8 Å². The number of nitrogens with one attached hydrogen (secondary N) is 1. The standard InChI is InChI=1S/C13H25N3O3S/c1-3-5-15-12(17)11-9-19-7-6-16(11)13(18)10(14)4-8-20-2/h10-11H,3-9,14H2,1-2H3,(H,15,17)/t10-,11?/m0/s1. The number of carbonyl (C=O) groups is 2. The maximum absolute atomic E-state index is 12.3. The summed E-state index contributed by atoms with van der Waals surface area (Å²) >= 11 is 1.66. The third-order valence-electron chi connectivity index (χ3n) is 3.21. The number of rotatable bonds is 7. The van der Waals surface area contributed by atoms with E-state index in [0.717, 1.165) is 12.2 Å². The van der Waals surface area contributed by atoms with Crippen molar-refractivity contribution in [1.29, 1.82) is 0 Å². The molecule has 1 fully saturated rings. The van der Waals surface area contributed by atoms with Gasteiger partial charge in [0.2, 0.25) is 11.8 Å². The summed E-state index contributed by atoms with van der Waals surface area (Å²) in [5.41, 5.74) is 5.92. The van der Waals surface area contributed by atoms with Gasteiger partial charge >= 0.3 is 0 Å². The molecule has 0 aliphatic carbocycles. The lowest BCUT2D eigenvalue weighted by Gasteiger charge is -2.36. The molecule has 1 aliphatic heterocycles. The zero-order chi connectivity index (χ0) is 15.0. The summed E-state index contributed by atoms with van der Waals surface area (Å²) in [6, 6.07) is -1.09. The molecule has 1 heterocycles. The first-order valence-corrected chi connectivity index (χ1v) is 8.41. The van der Waals surface area contributed by atoms with Gasteiger partial charge in [0.15, 0.2) is 0 Å². The van der Waals surface area contributed by atoms with E-state index in [9.17, 15) is 9.59 Å². The number of thioether (sulfide) groups is 1. The lowest BCUT2D eigenvalue weighted by atomic mass is 10.1. The molecule has 0 spiro atoms. The van der Waals surface area contributed by atoms with E-state index in [4.69, 9.17) is 10.5 Å². The molecule has 1 unspecified atom stereocenters. The van der Waals surface area contributed by atoms with Crippen molar-refractivity contribution < 1.29 is 14.3 Å². The highest BCUT2D eigenvalue weighted by Crippen LogP contribution is 2.11. The van der Waals surface area contributed by atoms with Gasteiger partial charge in [0, 0.05) is 13.1 Å². The molecule has 2 amide bonds. The van der Waals surface area contributed by atoms with Gasteiger partial charge in [0.1, 0.15) is 6.04 Å². The molecule has 7 heteroatoms. The summed E-state index contributed by atoms with van der Waals surface area (Å²) in [5.74, 6) is 0.528. The molecule has 0 saturated carbocycles. The number of hydrogen-bond acceptors (Lipinski definition) is 5. The predicted molar refractivity (Wildman–Crippen MR) is 80.6 cm³/mol. The Hall–Kier alpha value is -0.790. The van der Waals surface area contributed by atoms with E-state index in [1.807, 2.05) is 13.2 Å². The number of carbonyl (C=O) groups excluding carboxylic acids is 2. The second-order valence-corrected chi connectivity index (χ2v) is 5.79. The normalized spacial score (nSPS) is 20.6. The summed E-state index contributed by atoms with van der Waals surface area (Å²) in [6.07, 6.45) is 3.47. The number of amides is 2. The molecular formula is C13H25N3O3S. The van der Waals surface area contributed by atoms with Gasteiger partial charge in [-0.15, -0.1) is 0 Å². The second kappa shape index (κ2) is 9.20. The van der Waals surface area contributed by atoms with Gasteiger partial charge in [-0.2, -0.15) is 11.8 Å². The first kappa shape index (κ1) is 17.3. The molecule has 0 bridgehead atoms. The zero-order valence-electron chi connectivity index (χ0n) is 12.3. The highest BCUT2D eigenvalue weighted by Gasteiger charge is 2.34. The van der Waals surface area contributed by atoms with E-state index >= 15 is 0 Å². The third kappa shape index (κ3) is 4.96. The summed E-state index contributed by atoms with van der Waals surface area (Å²) in [7, 11) is 0. The first-order valence-electron chi connectivity index (χ1n) is 7.02. The van der Waals surface area contributed by atoms with Crippen molar-refractivity contribution in [3.05, 3.63) is 0 Å². The van der Waals surface area contributed by atoms with Crippen molar-refractivity contribution in [2.24, 2.45) is 5.73 Å². The SMILES string of the molecule is CCCNC(=O)C1COCCN1C(=O)[C@@H](N)CCSC. The molecular weight excluding hydrogens is 278 g/mol. The fraction of sp³-hybridized carbons (Fsp3) is 0.846. The molecule has 1 saturated heterocycles. The van der Waals surface area contributed by atoms with E-state index in [1.54, 1.807) is 16.7 Å². The van der Waals surface area contributed by atoms with E-state index in [-0.39, 0.29) is 18.4 Å². The van der Waals surface area contributed by atoms with Crippen molar-refractivity contribution in [3.8, 4) is 0 Å². The molecule has 1 rings (SSSR count). The fourth-order valence-electron chi connectivity index (χ4n) is 2.03. The van der Waals surface area contributed by atoms with Crippen molar-refractivity contribution >= 4 is 23.6 Å². The van der Waals surface area contributed by atoms with Crippen LogP contribution in [0.1, 0.15) is 19.8 Å². The molecule has 3 N–H and O–H groups in total. The molecule has 6 nitrogen and oxygen atoms in total. The topological polar surface area (TPSA) is 84.7 Å². The van der Waals surface area contributed by atoms with Gasteiger partial charge in [-0.25, -0.2) is 0 Å². The summed E-state index contributed by atoms with van der Waals surface area (Å²) < 4.78 is 5.32. The highest BCUT2D eigenvalue weighted by molar-refractivity contribution is 7.98. The minimum absolute atomic E-state index is 0.154. The van der Waals surface area contributed by atoms with Crippen molar-refractivity contribution in [2.75, 3.05) is 38.3 Å². The maximum atomic E-state index is 12.3. The monoisotopic (exact) mass is 303 g/mol. The van der Waals surface area contributed by atoms with Crippen LogP contribution in [0.4, 0.5) is 0 Å². The Kier molecular flexibility index (Phi) is 7.94. The van der Waals surface area contributed by atoms with Gasteiger partial charge in [0.05, 0.1) is 19.3 Å². The Morgan fingerprint density at radius 3 is 2.95 bits per heavy atom. The highest BCUT2D eigenvalue weighted by atomic mass is 32.2. The van der Waals surface area contributed by atoms with Crippen LogP contribution in [-0.4, -0.2) is 67.1 Å². The Bertz CT molecular complexity index is 328. The Balaban J connectivity index is 2.62. The average Bonchev–Trinajstić information content (AvgIpc) is 2.49. The smallest absolute Gasteiger partial charge is 0.245 e. The van der Waals surface area contributed by atoms with Crippen LogP contribution >= 0.6 is 11.8 Å². The van der Waals surface area contributed by atoms with E-state index < -0.39 is 12.1 Å². The van der Waals surface area contributed by atoms with Gasteiger partial charge in [-0.1, -0.05) is 6.92 Å². The minimum atomic E-state index is -0.553. The van der Waals surface area contributed by atoms with Crippen LogP contribution in [0.2, 0.25) is 0 Å². The maximum Gasteiger partial charge on any atom is 0.245 e. The second-order valence-electron chi connectivity index (χ2n) is 4.80. The van der Waals surface area contributed by atoms with Crippen LogP contribution < -0.4 is 11.1 Å². The van der Waals surface area contributed by atoms with Crippen LogP contribution in [0.15, 0.2) is 0 Å². The zero-order valence-corrected chi connectivity index (χ0v) is 13.1. The van der Waals surface area contributed by atoms with Crippen LogP contribution in [-0.2, 0) is 14.3 Å². The third-order valence-corrected chi connectivity index (χ3v) is 3.86. The Labute approximate surface area is 124 Å². The van der Waals surface area contributed by atoms with Gasteiger partial charge < -0.3 is 20.7 Å². The van der Waals surface area contributed by atoms with Crippen LogP contribution in [0.5, 0.6) is 0 Å². The molecule has 2 atom stereocenters. The number of ether oxygens (including phenoxy) is 1. The quantitative estimate of drug-likeness (QED) is 0.681. The lowest BCUT2D eigenvalue weighted by Crippen LogP contribution is -2.59. The molecule has 1 aliphatic rings. The summed E-state index contributed by atoms with van der Waals surface area (Å²) in [5, 5.41) is 2.81. The van der Waals surface area contributed by atoms with E-state index in [1.165, 1.54) is 0 Å². The fourth-order valence-corrected chi connectivity index (χ4v) is 2.52. The summed E-state index contributed by atoms with van der Waals surface area (Å²) in [6.45, 7) is 3.72. The van der Waals surface area contributed by atoms with Crippen LogP contribution in [0.3, 0.4) is 0 Å². The van der Waals surface area contributed by atoms with E-state index in [2.05, 4.69) is 5.32 Å². The Morgan fingerprint density at radius 1 is 1.55 bits per heavy atom. The molecule has 0 radical (unpaired) electrons. The predicted octanol–water partition coefficient (Wildman–Crippen LogP) is -0.180. The van der Waals surface area contributed by atoms with Crippen LogP contribution in [0.25, 0.3) is 0 Å². The van der Waals surface area contributed by atoms with Crippen molar-refractivity contribution in [3.63, 3.8) is 0 Å². The molecule has 0 aromatic rings. The van der Waals surface area contributed by atoms with Gasteiger partial charge in [0.25, 0.3) is 0 Å². The summed E-state index contributed by atoms with van der Waals surface area (Å²) in [4.78, 5) is 26.0. The minimum Gasteiger partial charge on any atom is -0.377 e. The van der Waals surface area contributed by atoms with Gasteiger partial charge in [-0.05, 0) is 24.9 Å². The molecule has 116 valence electrons. The van der Waals surface area contributed by atoms with Crippen LogP contribution in [0, 0.1) is 0 Å². The number of morpholine rings is 1. The molecule has 0 aromatic heterocycles. The van der Waals surface area contributed by atoms with Crippen molar-refractivity contribution in [1.82, 2.24) is 10.2 Å². The number of nitrogens with two attached hydrogens (primary N) is 1. The first-order chi connectivity index (χ1) is 9.61. The number of hydrogen-bond donors (Lipinski definition) is 2. The van der Waals surface area contributed by atoms with E-state index in [0.29, 0.717) is 26.1 Å².